The number of phenols is 2. The van der Waals surface area contributed by atoms with Crippen LogP contribution in [0.25, 0.3) is 0 Å². The molecule has 1 spiro atoms. The Balaban J connectivity index is 1.92. The highest BCUT2D eigenvalue weighted by molar-refractivity contribution is 9.10. The third kappa shape index (κ3) is 1.82. The molecule has 2 N–H and O–H groups in total. The lowest BCUT2D eigenvalue weighted by Crippen LogP contribution is -2.32. The monoisotopic (exact) mass is 410 g/mol. The average molecular weight is 411 g/mol. The van der Waals surface area contributed by atoms with Gasteiger partial charge in [0, 0.05) is 33.3 Å². The number of esters is 1. The van der Waals surface area contributed by atoms with Crippen LogP contribution in [-0.2, 0) is 10.3 Å². The summed E-state index contributed by atoms with van der Waals surface area (Å²) in [6.07, 6.45) is 0. The Labute approximate surface area is 156 Å². The van der Waals surface area contributed by atoms with Crippen LogP contribution in [0.4, 0.5) is 0 Å². The minimum Gasteiger partial charge on any atom is -0.508 e. The molecule has 3 aromatic carbocycles. The highest BCUT2D eigenvalue weighted by atomic mass is 79.9. The number of halogens is 1. The summed E-state index contributed by atoms with van der Waals surface area (Å²) < 4.78 is 12.5. The van der Waals surface area contributed by atoms with Crippen molar-refractivity contribution in [2.24, 2.45) is 0 Å². The standard InChI is InChI=1S/C20H11BrO5/c21-15-3-1-2-14-18(15)19(24)26-20(14)12-6-4-10(22)8-16(12)25-17-9-11(23)5-7-13(17)20/h1-9,22-23H. The molecule has 2 heterocycles. The number of rotatable bonds is 0. The molecule has 0 saturated heterocycles. The molecular formula is C20H11BrO5. The second kappa shape index (κ2) is 5.02. The van der Waals surface area contributed by atoms with E-state index in [1.807, 2.05) is 12.1 Å². The van der Waals surface area contributed by atoms with Crippen LogP contribution >= 0.6 is 15.9 Å². The Kier molecular flexibility index (Phi) is 2.95. The summed E-state index contributed by atoms with van der Waals surface area (Å²) in [6, 6.07) is 14.8. The number of fused-ring (bicyclic) bond motifs is 6. The summed E-state index contributed by atoms with van der Waals surface area (Å²) in [4.78, 5) is 12.7. The first kappa shape index (κ1) is 15.3. The van der Waals surface area contributed by atoms with E-state index in [1.54, 1.807) is 18.2 Å². The first-order valence-electron chi connectivity index (χ1n) is 7.88. The van der Waals surface area contributed by atoms with E-state index in [-0.39, 0.29) is 11.5 Å². The molecule has 0 unspecified atom stereocenters. The first-order chi connectivity index (χ1) is 12.5. The van der Waals surface area contributed by atoms with Crippen molar-refractivity contribution in [2.75, 3.05) is 0 Å². The smallest absolute Gasteiger partial charge is 0.341 e. The van der Waals surface area contributed by atoms with Crippen LogP contribution in [0.3, 0.4) is 0 Å². The number of aromatic hydroxyl groups is 2. The van der Waals surface area contributed by atoms with Crippen molar-refractivity contribution >= 4 is 21.9 Å². The van der Waals surface area contributed by atoms with Gasteiger partial charge in [0.1, 0.15) is 23.0 Å². The van der Waals surface area contributed by atoms with Crippen molar-refractivity contribution in [3.8, 4) is 23.0 Å². The summed E-state index contributed by atoms with van der Waals surface area (Å²) in [6.45, 7) is 0. The molecule has 0 radical (unpaired) electrons. The van der Waals surface area contributed by atoms with Gasteiger partial charge in [-0.3, -0.25) is 0 Å². The van der Waals surface area contributed by atoms with Gasteiger partial charge in [0.2, 0.25) is 0 Å². The number of hydrogen-bond donors (Lipinski definition) is 2. The zero-order chi connectivity index (χ0) is 18.1. The molecule has 5 rings (SSSR count). The highest BCUT2D eigenvalue weighted by Crippen LogP contribution is 2.57. The van der Waals surface area contributed by atoms with E-state index in [1.165, 1.54) is 24.3 Å². The summed E-state index contributed by atoms with van der Waals surface area (Å²) in [5.74, 6) is 0.336. The second-order valence-electron chi connectivity index (χ2n) is 6.20. The normalized spacial score (nSPS) is 15.7. The van der Waals surface area contributed by atoms with E-state index in [0.29, 0.717) is 38.2 Å². The quantitative estimate of drug-likeness (QED) is 0.536. The molecule has 3 aromatic rings. The molecule has 5 nitrogen and oxygen atoms in total. The largest absolute Gasteiger partial charge is 0.508 e. The topological polar surface area (TPSA) is 76.0 Å². The minimum absolute atomic E-state index is 0.0290. The van der Waals surface area contributed by atoms with Crippen LogP contribution in [0.1, 0.15) is 27.0 Å². The van der Waals surface area contributed by atoms with E-state index >= 15 is 0 Å². The maximum absolute atomic E-state index is 12.7. The maximum atomic E-state index is 12.7. The van der Waals surface area contributed by atoms with Gasteiger partial charge in [-0.15, -0.1) is 0 Å². The zero-order valence-corrected chi connectivity index (χ0v) is 14.8. The van der Waals surface area contributed by atoms with Gasteiger partial charge in [-0.2, -0.15) is 0 Å². The number of ether oxygens (including phenoxy) is 2. The number of benzene rings is 3. The number of carbonyl (C=O) groups is 1. The van der Waals surface area contributed by atoms with Crippen LogP contribution in [0, 0.1) is 0 Å². The lowest BCUT2D eigenvalue weighted by atomic mass is 9.77. The third-order valence-corrected chi connectivity index (χ3v) is 5.41. The molecule has 0 atom stereocenters. The summed E-state index contributed by atoms with van der Waals surface area (Å²) in [5, 5.41) is 19.7. The molecule has 0 saturated carbocycles. The minimum atomic E-state index is -1.21. The molecule has 0 fully saturated rings. The van der Waals surface area contributed by atoms with Crippen molar-refractivity contribution < 1.29 is 24.5 Å². The van der Waals surface area contributed by atoms with Crippen LogP contribution in [-0.4, -0.2) is 16.2 Å². The van der Waals surface area contributed by atoms with Crippen LogP contribution in [0.15, 0.2) is 59.1 Å². The van der Waals surface area contributed by atoms with Gasteiger partial charge in [0.25, 0.3) is 0 Å². The average Bonchev–Trinajstić information content (AvgIpc) is 2.89. The van der Waals surface area contributed by atoms with Gasteiger partial charge < -0.3 is 19.7 Å². The molecule has 2 aliphatic rings. The van der Waals surface area contributed by atoms with E-state index in [0.717, 1.165) is 0 Å². The van der Waals surface area contributed by atoms with Gasteiger partial charge in [0.05, 0.1) is 5.56 Å². The lowest BCUT2D eigenvalue weighted by Gasteiger charge is -2.36. The fourth-order valence-electron chi connectivity index (χ4n) is 3.71. The Morgan fingerprint density at radius 3 is 2.08 bits per heavy atom. The number of hydrogen-bond acceptors (Lipinski definition) is 5. The molecule has 0 aromatic heterocycles. The predicted octanol–water partition coefficient (Wildman–Crippen LogP) is 4.43. The summed E-state index contributed by atoms with van der Waals surface area (Å²) in [7, 11) is 0. The van der Waals surface area contributed by atoms with Gasteiger partial charge in [0.15, 0.2) is 5.60 Å². The van der Waals surface area contributed by atoms with Crippen molar-refractivity contribution in [1.29, 1.82) is 0 Å². The fourth-order valence-corrected chi connectivity index (χ4v) is 4.23. The molecule has 0 amide bonds. The summed E-state index contributed by atoms with van der Waals surface area (Å²) >= 11 is 3.43. The maximum Gasteiger partial charge on any atom is 0.341 e. The Hall–Kier alpha value is -2.99. The SMILES string of the molecule is O=C1OC2(c3ccc(O)cc3Oc3cc(O)ccc32)c2cccc(Br)c21. The molecule has 2 aliphatic heterocycles. The van der Waals surface area contributed by atoms with Gasteiger partial charge in [-0.05, 0) is 46.3 Å². The van der Waals surface area contributed by atoms with E-state index in [9.17, 15) is 15.0 Å². The van der Waals surface area contributed by atoms with E-state index in [2.05, 4.69) is 15.9 Å². The molecule has 26 heavy (non-hydrogen) atoms. The fraction of sp³-hybridized carbons (Fsp3) is 0.0500. The molecule has 0 bridgehead atoms. The molecule has 0 aliphatic carbocycles. The Morgan fingerprint density at radius 2 is 1.46 bits per heavy atom. The first-order valence-corrected chi connectivity index (χ1v) is 8.67. The Morgan fingerprint density at radius 1 is 0.846 bits per heavy atom. The van der Waals surface area contributed by atoms with E-state index in [4.69, 9.17) is 9.47 Å². The van der Waals surface area contributed by atoms with Crippen molar-refractivity contribution in [2.45, 2.75) is 5.60 Å². The lowest BCUT2D eigenvalue weighted by molar-refractivity contribution is 0.0224. The molecule has 128 valence electrons. The Bertz CT molecular complexity index is 1050. The zero-order valence-electron chi connectivity index (χ0n) is 13.2. The van der Waals surface area contributed by atoms with Crippen LogP contribution in [0.2, 0.25) is 0 Å². The highest BCUT2D eigenvalue weighted by Gasteiger charge is 2.54. The van der Waals surface area contributed by atoms with Gasteiger partial charge in [-0.25, -0.2) is 4.79 Å². The van der Waals surface area contributed by atoms with Crippen molar-refractivity contribution in [1.82, 2.24) is 0 Å². The predicted molar refractivity (Wildman–Crippen MR) is 95.7 cm³/mol. The van der Waals surface area contributed by atoms with Crippen molar-refractivity contribution in [3.05, 3.63) is 81.3 Å². The molecular weight excluding hydrogens is 400 g/mol. The summed E-state index contributed by atoms with van der Waals surface area (Å²) in [5.41, 5.74) is 1.14. The molecule has 6 heteroatoms. The number of carbonyl (C=O) groups excluding carboxylic acids is 1. The number of phenolic OH excluding ortho intramolecular Hbond substituents is 2. The third-order valence-electron chi connectivity index (χ3n) is 4.75. The van der Waals surface area contributed by atoms with Crippen molar-refractivity contribution in [3.63, 3.8) is 0 Å². The van der Waals surface area contributed by atoms with E-state index < -0.39 is 11.6 Å². The van der Waals surface area contributed by atoms with Gasteiger partial charge >= 0.3 is 5.97 Å². The second-order valence-corrected chi connectivity index (χ2v) is 7.05. The van der Waals surface area contributed by atoms with Gasteiger partial charge in [-0.1, -0.05) is 12.1 Å². The van der Waals surface area contributed by atoms with Crippen LogP contribution in [0.5, 0.6) is 23.0 Å². The van der Waals surface area contributed by atoms with Crippen LogP contribution < -0.4 is 4.74 Å².